The lowest BCUT2D eigenvalue weighted by Crippen LogP contribution is -2.55. The molecule has 3 N–H and O–H groups in total. The molecule has 0 radical (unpaired) electrons. The van der Waals surface area contributed by atoms with E-state index in [1.807, 2.05) is 31.2 Å². The number of nitrogens with one attached hydrogen (secondary N) is 1. The van der Waals surface area contributed by atoms with Crippen molar-refractivity contribution < 1.29 is 4.79 Å². The molecule has 0 saturated heterocycles. The number of carbonyl (C=O) groups is 1. The summed E-state index contributed by atoms with van der Waals surface area (Å²) in [6.45, 7) is 2.02. The number of aryl methyl sites for hydroxylation is 1. The van der Waals surface area contributed by atoms with Crippen LogP contribution in [0.3, 0.4) is 0 Å². The van der Waals surface area contributed by atoms with Gasteiger partial charge in [-0.1, -0.05) is 49.3 Å². The molecule has 1 aliphatic carbocycles. The van der Waals surface area contributed by atoms with Gasteiger partial charge in [0.15, 0.2) is 0 Å². The predicted molar refractivity (Wildman–Crippen MR) is 81.0 cm³/mol. The number of amides is 1. The zero-order chi connectivity index (χ0) is 13.9. The minimum Gasteiger partial charge on any atom is -0.391 e. The first-order valence-corrected chi connectivity index (χ1v) is 7.10. The largest absolute Gasteiger partial charge is 0.391 e. The molecule has 1 aromatic carbocycles. The number of nitrogens with two attached hydrogens (primary N) is 1. The van der Waals surface area contributed by atoms with Crippen molar-refractivity contribution in [2.75, 3.05) is 0 Å². The van der Waals surface area contributed by atoms with Gasteiger partial charge in [0.25, 0.3) is 0 Å². The highest BCUT2D eigenvalue weighted by Gasteiger charge is 2.38. The molecule has 1 saturated carbocycles. The van der Waals surface area contributed by atoms with Crippen LogP contribution in [-0.4, -0.2) is 16.4 Å². The molecule has 3 nitrogen and oxygen atoms in total. The Morgan fingerprint density at radius 1 is 1.37 bits per heavy atom. The van der Waals surface area contributed by atoms with Crippen molar-refractivity contribution in [2.24, 2.45) is 5.73 Å². The lowest BCUT2D eigenvalue weighted by Gasteiger charge is -2.29. The van der Waals surface area contributed by atoms with Crippen LogP contribution in [0.15, 0.2) is 24.3 Å². The number of carbonyl (C=O) groups excluding carboxylic acids is 1. The smallest absolute Gasteiger partial charge is 0.225 e. The van der Waals surface area contributed by atoms with Crippen molar-refractivity contribution in [3.63, 3.8) is 0 Å². The fraction of sp³-hybridized carbons (Fsp3) is 0.467. The van der Waals surface area contributed by atoms with E-state index in [4.69, 9.17) is 18.0 Å². The molecule has 0 unspecified atom stereocenters. The minimum absolute atomic E-state index is 0.00370. The van der Waals surface area contributed by atoms with E-state index in [1.54, 1.807) is 0 Å². The van der Waals surface area contributed by atoms with Crippen LogP contribution in [0.1, 0.15) is 36.8 Å². The lowest BCUT2D eigenvalue weighted by molar-refractivity contribution is -0.121. The Hall–Kier alpha value is -1.42. The number of hydrogen-bond acceptors (Lipinski definition) is 2. The highest BCUT2D eigenvalue weighted by atomic mass is 32.1. The zero-order valence-corrected chi connectivity index (χ0v) is 12.1. The Kier molecular flexibility index (Phi) is 4.20. The number of hydrogen-bond donors (Lipinski definition) is 2. The van der Waals surface area contributed by atoms with E-state index in [0.717, 1.165) is 36.8 Å². The van der Waals surface area contributed by atoms with E-state index in [2.05, 4.69) is 5.32 Å². The van der Waals surface area contributed by atoms with Crippen LogP contribution in [0.4, 0.5) is 0 Å². The van der Waals surface area contributed by atoms with Gasteiger partial charge in [-0.25, -0.2) is 0 Å². The van der Waals surface area contributed by atoms with Gasteiger partial charge < -0.3 is 11.1 Å². The summed E-state index contributed by atoms with van der Waals surface area (Å²) >= 11 is 5.14. The molecule has 2 rings (SSSR count). The van der Waals surface area contributed by atoms with Crippen molar-refractivity contribution in [1.82, 2.24) is 5.32 Å². The molecule has 102 valence electrons. The number of benzene rings is 1. The summed E-state index contributed by atoms with van der Waals surface area (Å²) in [6.07, 6.45) is 4.25. The first-order chi connectivity index (χ1) is 9.03. The summed E-state index contributed by atoms with van der Waals surface area (Å²) in [5.41, 5.74) is 7.56. The average Bonchev–Trinajstić information content (AvgIpc) is 2.82. The summed E-state index contributed by atoms with van der Waals surface area (Å²) in [7, 11) is 0. The quantitative estimate of drug-likeness (QED) is 0.829. The first-order valence-electron chi connectivity index (χ1n) is 6.69. The fourth-order valence-electron chi connectivity index (χ4n) is 2.70. The molecule has 4 heteroatoms. The average molecular weight is 276 g/mol. The van der Waals surface area contributed by atoms with Gasteiger partial charge in [-0.3, -0.25) is 4.79 Å². The van der Waals surface area contributed by atoms with Gasteiger partial charge in [0, 0.05) is 0 Å². The standard InChI is InChI=1S/C15H20N2OS/c1-11-6-2-3-7-12(11)10-13(18)17-15(14(16)19)8-4-5-9-15/h2-3,6-7H,4-5,8-10H2,1H3,(H2,16,19)(H,17,18). The maximum Gasteiger partial charge on any atom is 0.225 e. The van der Waals surface area contributed by atoms with Gasteiger partial charge in [-0.05, 0) is 30.9 Å². The summed E-state index contributed by atoms with van der Waals surface area (Å²) in [5, 5.41) is 3.06. The Bertz CT molecular complexity index is 493. The molecule has 1 fully saturated rings. The van der Waals surface area contributed by atoms with Crippen molar-refractivity contribution >= 4 is 23.1 Å². The van der Waals surface area contributed by atoms with E-state index in [9.17, 15) is 4.79 Å². The zero-order valence-electron chi connectivity index (χ0n) is 11.2. The van der Waals surface area contributed by atoms with Crippen LogP contribution in [0, 0.1) is 6.92 Å². The van der Waals surface area contributed by atoms with Gasteiger partial charge >= 0.3 is 0 Å². The molecule has 0 atom stereocenters. The second kappa shape index (κ2) is 5.70. The summed E-state index contributed by atoms with van der Waals surface area (Å²) in [6, 6.07) is 7.93. The van der Waals surface area contributed by atoms with Crippen molar-refractivity contribution in [1.29, 1.82) is 0 Å². The second-order valence-electron chi connectivity index (χ2n) is 5.30. The molecule has 0 aliphatic heterocycles. The second-order valence-corrected chi connectivity index (χ2v) is 5.74. The predicted octanol–water partition coefficient (Wildman–Crippen LogP) is 2.25. The van der Waals surface area contributed by atoms with E-state index in [1.165, 1.54) is 0 Å². The molecule has 1 aromatic rings. The maximum atomic E-state index is 12.2. The highest BCUT2D eigenvalue weighted by molar-refractivity contribution is 7.80. The van der Waals surface area contributed by atoms with Crippen LogP contribution in [-0.2, 0) is 11.2 Å². The molecular formula is C15H20N2OS. The molecule has 1 aliphatic rings. The molecule has 19 heavy (non-hydrogen) atoms. The molecule has 0 aromatic heterocycles. The highest BCUT2D eigenvalue weighted by Crippen LogP contribution is 2.30. The molecule has 0 heterocycles. The number of rotatable bonds is 4. The summed E-state index contributed by atoms with van der Waals surface area (Å²) in [4.78, 5) is 12.6. The molecule has 0 bridgehead atoms. The fourth-order valence-corrected chi connectivity index (χ4v) is 2.96. The van der Waals surface area contributed by atoms with E-state index >= 15 is 0 Å². The maximum absolute atomic E-state index is 12.2. The van der Waals surface area contributed by atoms with Gasteiger partial charge in [0.1, 0.15) is 0 Å². The topological polar surface area (TPSA) is 55.1 Å². The summed E-state index contributed by atoms with van der Waals surface area (Å²) < 4.78 is 0. The van der Waals surface area contributed by atoms with Crippen LogP contribution in [0.2, 0.25) is 0 Å². The Morgan fingerprint density at radius 2 is 2.00 bits per heavy atom. The Morgan fingerprint density at radius 3 is 2.58 bits per heavy atom. The molecule has 0 spiro atoms. The monoisotopic (exact) mass is 276 g/mol. The molecular weight excluding hydrogens is 256 g/mol. The van der Waals surface area contributed by atoms with E-state index < -0.39 is 5.54 Å². The molecule has 1 amide bonds. The van der Waals surface area contributed by atoms with Gasteiger partial charge in [-0.2, -0.15) is 0 Å². The normalized spacial score (nSPS) is 17.1. The third-order valence-corrected chi connectivity index (χ3v) is 4.31. The third-order valence-electron chi connectivity index (χ3n) is 3.92. The van der Waals surface area contributed by atoms with Crippen molar-refractivity contribution in [3.05, 3.63) is 35.4 Å². The van der Waals surface area contributed by atoms with Crippen LogP contribution >= 0.6 is 12.2 Å². The van der Waals surface area contributed by atoms with E-state index in [-0.39, 0.29) is 5.91 Å². The van der Waals surface area contributed by atoms with Crippen molar-refractivity contribution in [3.8, 4) is 0 Å². The number of thiocarbonyl (C=S) groups is 1. The van der Waals surface area contributed by atoms with Gasteiger partial charge in [0.05, 0.1) is 16.9 Å². The Balaban J connectivity index is 2.05. The van der Waals surface area contributed by atoms with Crippen molar-refractivity contribution in [2.45, 2.75) is 44.6 Å². The van der Waals surface area contributed by atoms with Crippen LogP contribution < -0.4 is 11.1 Å². The van der Waals surface area contributed by atoms with E-state index in [0.29, 0.717) is 11.4 Å². The van der Waals surface area contributed by atoms with Crippen LogP contribution in [0.5, 0.6) is 0 Å². The van der Waals surface area contributed by atoms with Gasteiger partial charge in [0.2, 0.25) is 5.91 Å². The SMILES string of the molecule is Cc1ccccc1CC(=O)NC1(C(N)=S)CCCC1. The first kappa shape index (κ1) is 14.0. The van der Waals surface area contributed by atoms with Crippen LogP contribution in [0.25, 0.3) is 0 Å². The lowest BCUT2D eigenvalue weighted by atomic mass is 9.96. The van der Waals surface area contributed by atoms with Gasteiger partial charge in [-0.15, -0.1) is 0 Å². The summed E-state index contributed by atoms with van der Waals surface area (Å²) in [5.74, 6) is 0.00370. The minimum atomic E-state index is -0.449. The Labute approximate surface area is 119 Å². The third kappa shape index (κ3) is 3.13.